The quantitative estimate of drug-likeness (QED) is 0.757. The Labute approximate surface area is 120 Å². The number of hydrogen-bond acceptors (Lipinski definition) is 1. The number of hydrogen-bond donors (Lipinski definition) is 2. The second-order valence-corrected chi connectivity index (χ2v) is 8.62. The maximum absolute atomic E-state index is 12.5. The van der Waals surface area contributed by atoms with Crippen LogP contribution in [0.25, 0.3) is 0 Å². The molecule has 2 nitrogen and oxygen atoms in total. The molecule has 19 heavy (non-hydrogen) atoms. The van der Waals surface area contributed by atoms with Crippen molar-refractivity contribution in [3.63, 3.8) is 0 Å². The highest BCUT2D eigenvalue weighted by Gasteiger charge is 2.41. The van der Waals surface area contributed by atoms with E-state index in [-0.39, 0.29) is 28.1 Å². The highest BCUT2D eigenvalue weighted by Crippen LogP contribution is 2.43. The molecule has 1 aliphatic carbocycles. The summed E-state index contributed by atoms with van der Waals surface area (Å²) in [6.45, 7) is 7.55. The van der Waals surface area contributed by atoms with Crippen molar-refractivity contribution in [2.45, 2.75) is 40.0 Å². The summed E-state index contributed by atoms with van der Waals surface area (Å²) in [4.78, 5) is 12.5. The molecule has 0 spiro atoms. The number of allylic oxidation sites excluding steroid dienone is 2. The minimum atomic E-state index is -0.104. The maximum atomic E-state index is 12.5. The predicted molar refractivity (Wildman–Crippen MR) is 85.4 cm³/mol. The number of nitrogens with one attached hydrogen (secondary N) is 1. The van der Waals surface area contributed by atoms with Gasteiger partial charge in [0.25, 0.3) is 0 Å². The Morgan fingerprint density at radius 2 is 2.05 bits per heavy atom. The maximum Gasteiger partial charge on any atom is 0.223 e. The molecule has 1 N–H and O–H groups in total. The van der Waals surface area contributed by atoms with Gasteiger partial charge in [0.1, 0.15) is 0 Å². The lowest BCUT2D eigenvalue weighted by Gasteiger charge is -2.41. The fourth-order valence-corrected chi connectivity index (χ4v) is 4.93. The number of carbonyl (C=O) groups is 1. The van der Waals surface area contributed by atoms with Gasteiger partial charge < -0.3 is 5.32 Å². The van der Waals surface area contributed by atoms with Gasteiger partial charge >= 0.3 is 0 Å². The Hall–Kier alpha value is -0.700. The van der Waals surface area contributed by atoms with Crippen molar-refractivity contribution in [3.8, 4) is 0 Å². The number of thiol groups is 1. The SMILES string of the molecule is C[C@H]1CCCC(C)(C)[C@@H]1C(=O)NCC[SH]1C=CC=C1. The molecule has 1 aliphatic heterocycles. The molecule has 2 aliphatic rings. The normalized spacial score (nSPS) is 30.6. The zero-order valence-corrected chi connectivity index (χ0v) is 13.2. The molecule has 1 amide bonds. The van der Waals surface area contributed by atoms with E-state index < -0.39 is 0 Å². The zero-order valence-electron chi connectivity index (χ0n) is 12.4. The summed E-state index contributed by atoms with van der Waals surface area (Å²) in [5.41, 5.74) is 0.153. The molecule has 0 radical (unpaired) electrons. The van der Waals surface area contributed by atoms with Crippen molar-refractivity contribution in [1.29, 1.82) is 0 Å². The molecule has 0 saturated heterocycles. The smallest absolute Gasteiger partial charge is 0.223 e. The van der Waals surface area contributed by atoms with Gasteiger partial charge in [0.2, 0.25) is 5.91 Å². The van der Waals surface area contributed by atoms with Gasteiger partial charge in [0, 0.05) is 12.5 Å². The van der Waals surface area contributed by atoms with Crippen molar-refractivity contribution in [1.82, 2.24) is 5.32 Å². The molecule has 108 valence electrons. The topological polar surface area (TPSA) is 29.1 Å². The second-order valence-electron chi connectivity index (χ2n) is 6.55. The van der Waals surface area contributed by atoms with Crippen LogP contribution in [0.3, 0.4) is 0 Å². The fraction of sp³-hybridized carbons (Fsp3) is 0.688. The van der Waals surface area contributed by atoms with Crippen LogP contribution in [0.5, 0.6) is 0 Å². The van der Waals surface area contributed by atoms with Gasteiger partial charge in [-0.05, 0) is 40.7 Å². The van der Waals surface area contributed by atoms with Gasteiger partial charge in [-0.2, -0.15) is 0 Å². The van der Waals surface area contributed by atoms with Crippen molar-refractivity contribution >= 4 is 16.8 Å². The van der Waals surface area contributed by atoms with Crippen LogP contribution < -0.4 is 5.32 Å². The third kappa shape index (κ3) is 3.65. The van der Waals surface area contributed by atoms with Gasteiger partial charge in [-0.1, -0.05) is 39.3 Å². The molecule has 1 heterocycles. The molecule has 3 heteroatoms. The summed E-state index contributed by atoms with van der Waals surface area (Å²) >= 11 is 0. The first-order valence-electron chi connectivity index (χ1n) is 7.39. The molecule has 0 aromatic rings. The monoisotopic (exact) mass is 281 g/mol. The average molecular weight is 281 g/mol. The van der Waals surface area contributed by atoms with E-state index >= 15 is 0 Å². The molecular weight excluding hydrogens is 254 g/mol. The Morgan fingerprint density at radius 3 is 2.68 bits per heavy atom. The lowest BCUT2D eigenvalue weighted by molar-refractivity contribution is -0.132. The summed E-state index contributed by atoms with van der Waals surface area (Å²) in [6, 6.07) is 0. The van der Waals surface area contributed by atoms with Gasteiger partial charge in [-0.25, -0.2) is 10.9 Å². The summed E-state index contributed by atoms with van der Waals surface area (Å²) in [6.07, 6.45) is 7.85. The number of rotatable bonds is 4. The highest BCUT2D eigenvalue weighted by atomic mass is 32.2. The van der Waals surface area contributed by atoms with E-state index in [0.717, 1.165) is 12.3 Å². The minimum absolute atomic E-state index is 0.104. The van der Waals surface area contributed by atoms with Crippen LogP contribution in [-0.4, -0.2) is 18.2 Å². The summed E-state index contributed by atoms with van der Waals surface area (Å²) in [5, 5.41) is 7.69. The van der Waals surface area contributed by atoms with Gasteiger partial charge in [-0.15, -0.1) is 0 Å². The molecule has 2 atom stereocenters. The van der Waals surface area contributed by atoms with E-state index in [4.69, 9.17) is 0 Å². The van der Waals surface area contributed by atoms with Crippen LogP contribution in [0.4, 0.5) is 0 Å². The van der Waals surface area contributed by atoms with Crippen LogP contribution in [0.2, 0.25) is 0 Å². The van der Waals surface area contributed by atoms with Crippen molar-refractivity contribution < 1.29 is 4.79 Å². The zero-order chi connectivity index (χ0) is 13.9. The molecule has 0 aromatic carbocycles. The molecule has 0 aromatic heterocycles. The third-order valence-corrected chi connectivity index (χ3v) is 6.36. The highest BCUT2D eigenvalue weighted by molar-refractivity contribution is 8.22. The largest absolute Gasteiger partial charge is 0.355 e. The fourth-order valence-electron chi connectivity index (χ4n) is 3.52. The molecule has 1 fully saturated rings. The molecular formula is C16H27NOS. The third-order valence-electron chi connectivity index (χ3n) is 4.51. The molecule has 1 saturated carbocycles. The lowest BCUT2D eigenvalue weighted by atomic mass is 9.64. The van der Waals surface area contributed by atoms with E-state index in [1.165, 1.54) is 19.3 Å². The number of carbonyl (C=O) groups excluding carboxylic acids is 1. The lowest BCUT2D eigenvalue weighted by Crippen LogP contribution is -2.45. The minimum Gasteiger partial charge on any atom is -0.355 e. The Bertz CT molecular complexity index is 374. The van der Waals surface area contributed by atoms with Crippen molar-refractivity contribution in [3.05, 3.63) is 23.0 Å². The Morgan fingerprint density at radius 1 is 1.37 bits per heavy atom. The molecule has 0 bridgehead atoms. The predicted octanol–water partition coefficient (Wildman–Crippen LogP) is 3.61. The Balaban J connectivity index is 1.83. The van der Waals surface area contributed by atoms with Gasteiger partial charge in [-0.3, -0.25) is 4.79 Å². The Kier molecular flexibility index (Phi) is 4.77. The van der Waals surface area contributed by atoms with Crippen LogP contribution in [0, 0.1) is 17.3 Å². The first-order chi connectivity index (χ1) is 9.00. The van der Waals surface area contributed by atoms with E-state index in [9.17, 15) is 4.79 Å². The summed E-state index contributed by atoms with van der Waals surface area (Å²) in [5.74, 6) is 2.05. The summed E-state index contributed by atoms with van der Waals surface area (Å²) in [7, 11) is -0.104. The van der Waals surface area contributed by atoms with E-state index in [1.807, 2.05) is 0 Å². The van der Waals surface area contributed by atoms with Gasteiger partial charge in [0.15, 0.2) is 0 Å². The van der Waals surface area contributed by atoms with E-state index in [2.05, 4.69) is 49.1 Å². The van der Waals surface area contributed by atoms with Crippen LogP contribution in [0.1, 0.15) is 40.0 Å². The molecule has 2 rings (SSSR count). The van der Waals surface area contributed by atoms with Crippen molar-refractivity contribution in [2.24, 2.45) is 17.3 Å². The van der Waals surface area contributed by atoms with E-state index in [1.54, 1.807) is 0 Å². The van der Waals surface area contributed by atoms with Crippen LogP contribution in [-0.2, 0) is 4.79 Å². The van der Waals surface area contributed by atoms with Crippen molar-refractivity contribution in [2.75, 3.05) is 12.3 Å². The standard InChI is InChI=1S/C16H27NOS/c1-13-7-6-8-16(2,3)14(13)15(18)17-9-12-19-10-4-5-11-19/h4-5,10-11,13-14,19H,6-9,12H2,1-3H3,(H,17,18)/t13-,14-/m0/s1. The van der Waals surface area contributed by atoms with Gasteiger partial charge in [0.05, 0.1) is 0 Å². The summed E-state index contributed by atoms with van der Waals surface area (Å²) < 4.78 is 0. The average Bonchev–Trinajstić information content (AvgIpc) is 2.80. The second kappa shape index (κ2) is 6.17. The van der Waals surface area contributed by atoms with Crippen LogP contribution >= 0.6 is 10.9 Å². The van der Waals surface area contributed by atoms with E-state index in [0.29, 0.717) is 5.92 Å². The van der Waals surface area contributed by atoms with Crippen LogP contribution in [0.15, 0.2) is 23.0 Å². The first-order valence-corrected chi connectivity index (χ1v) is 9.06. The molecule has 0 unspecified atom stereocenters. The first kappa shape index (κ1) is 14.7. The number of amides is 1.